The molecule has 21 heavy (non-hydrogen) atoms. The summed E-state index contributed by atoms with van der Waals surface area (Å²) in [5.41, 5.74) is 4.12. The van der Waals surface area contributed by atoms with Crippen LogP contribution in [0, 0.1) is 12.8 Å². The van der Waals surface area contributed by atoms with Crippen LogP contribution in [0.3, 0.4) is 0 Å². The highest BCUT2D eigenvalue weighted by Crippen LogP contribution is 2.55. The predicted octanol–water partition coefficient (Wildman–Crippen LogP) is 2.40. The molecular formula is C18H23NO2. The van der Waals surface area contributed by atoms with Crippen LogP contribution in [0.25, 0.3) is 0 Å². The van der Waals surface area contributed by atoms with Crippen LogP contribution in [0.2, 0.25) is 0 Å². The Kier molecular flexibility index (Phi) is 2.92. The molecule has 3 aliphatic rings. The van der Waals surface area contributed by atoms with Crippen molar-refractivity contribution in [2.24, 2.45) is 5.92 Å². The molecule has 1 N–H and O–H groups in total. The Bertz CT molecular complexity index is 609. The standard InChI is InChI=1S/C18H23NO2/c1-12-5-6-13-10-19(2)9-8-18-7-3-4-14(11-20)17(18)21-16(12)15(13)18/h3-6,14,17,20H,7-11H2,1-2H3/t14?,17?,18-/m1/s1. The van der Waals surface area contributed by atoms with Gasteiger partial charge in [-0.15, -0.1) is 0 Å². The van der Waals surface area contributed by atoms with Crippen LogP contribution in [0.4, 0.5) is 0 Å². The smallest absolute Gasteiger partial charge is 0.126 e. The van der Waals surface area contributed by atoms with Crippen LogP contribution in [-0.2, 0) is 12.0 Å². The highest BCUT2D eigenvalue weighted by Gasteiger charge is 2.54. The van der Waals surface area contributed by atoms with Crippen LogP contribution < -0.4 is 4.74 Å². The molecular weight excluding hydrogens is 262 g/mol. The van der Waals surface area contributed by atoms with E-state index in [0.717, 1.165) is 31.7 Å². The number of hydrogen-bond donors (Lipinski definition) is 1. The monoisotopic (exact) mass is 285 g/mol. The number of rotatable bonds is 1. The van der Waals surface area contributed by atoms with Crippen molar-refractivity contribution in [1.29, 1.82) is 0 Å². The zero-order chi connectivity index (χ0) is 14.6. The Hall–Kier alpha value is -1.32. The van der Waals surface area contributed by atoms with Gasteiger partial charge in [-0.1, -0.05) is 24.3 Å². The minimum atomic E-state index is 0.0591. The van der Waals surface area contributed by atoms with Gasteiger partial charge in [0.2, 0.25) is 0 Å². The maximum absolute atomic E-state index is 9.76. The topological polar surface area (TPSA) is 32.7 Å². The van der Waals surface area contributed by atoms with Crippen LogP contribution in [0.15, 0.2) is 24.3 Å². The maximum Gasteiger partial charge on any atom is 0.126 e. The third-order valence-corrected chi connectivity index (χ3v) is 5.57. The summed E-state index contributed by atoms with van der Waals surface area (Å²) in [4.78, 5) is 2.40. The van der Waals surface area contributed by atoms with Gasteiger partial charge in [0, 0.05) is 23.4 Å². The Morgan fingerprint density at radius 1 is 1.43 bits per heavy atom. The average molecular weight is 285 g/mol. The lowest BCUT2D eigenvalue weighted by atomic mass is 9.65. The summed E-state index contributed by atoms with van der Waals surface area (Å²) >= 11 is 0. The van der Waals surface area contributed by atoms with Crippen LogP contribution >= 0.6 is 0 Å². The van der Waals surface area contributed by atoms with Crippen molar-refractivity contribution in [3.05, 3.63) is 41.0 Å². The molecule has 2 unspecified atom stereocenters. The molecule has 0 bridgehead atoms. The predicted molar refractivity (Wildman–Crippen MR) is 82.6 cm³/mol. The second kappa shape index (κ2) is 4.59. The fourth-order valence-electron chi connectivity index (χ4n) is 4.49. The van der Waals surface area contributed by atoms with Gasteiger partial charge in [0.1, 0.15) is 11.9 Å². The van der Waals surface area contributed by atoms with Crippen molar-refractivity contribution in [2.75, 3.05) is 20.2 Å². The number of aliphatic hydroxyl groups excluding tert-OH is 1. The number of ether oxygens (including phenoxy) is 1. The molecule has 2 aliphatic heterocycles. The quantitative estimate of drug-likeness (QED) is 0.804. The first kappa shape index (κ1) is 13.4. The zero-order valence-corrected chi connectivity index (χ0v) is 12.8. The largest absolute Gasteiger partial charge is 0.488 e. The van der Waals surface area contributed by atoms with Crippen molar-refractivity contribution < 1.29 is 9.84 Å². The molecule has 2 heterocycles. The van der Waals surface area contributed by atoms with Crippen LogP contribution in [-0.4, -0.2) is 36.3 Å². The highest BCUT2D eigenvalue weighted by molar-refractivity contribution is 5.56. The first-order valence-corrected chi connectivity index (χ1v) is 7.91. The molecule has 0 saturated heterocycles. The minimum Gasteiger partial charge on any atom is -0.488 e. The molecule has 3 atom stereocenters. The van der Waals surface area contributed by atoms with E-state index in [1.165, 1.54) is 16.7 Å². The van der Waals surface area contributed by atoms with E-state index in [2.05, 4.69) is 43.2 Å². The number of aliphatic hydroxyl groups is 1. The molecule has 0 aromatic heterocycles. The molecule has 0 radical (unpaired) electrons. The van der Waals surface area contributed by atoms with E-state index in [0.29, 0.717) is 0 Å². The first-order chi connectivity index (χ1) is 10.2. The number of allylic oxidation sites excluding steroid dienone is 1. The second-order valence-corrected chi connectivity index (χ2v) is 6.91. The van der Waals surface area contributed by atoms with Gasteiger partial charge in [0.15, 0.2) is 0 Å². The lowest BCUT2D eigenvalue weighted by Crippen LogP contribution is -2.46. The highest BCUT2D eigenvalue weighted by atomic mass is 16.5. The molecule has 3 nitrogen and oxygen atoms in total. The normalized spacial score (nSPS) is 34.0. The summed E-state index contributed by atoms with van der Waals surface area (Å²) in [5.74, 6) is 1.21. The van der Waals surface area contributed by atoms with Crippen molar-refractivity contribution in [3.8, 4) is 5.75 Å². The van der Waals surface area contributed by atoms with E-state index in [9.17, 15) is 5.11 Å². The SMILES string of the molecule is Cc1ccc2c3c1OC1C(CO)C=CC[C@@]31CCN(C)C2. The van der Waals surface area contributed by atoms with Gasteiger partial charge < -0.3 is 14.7 Å². The second-order valence-electron chi connectivity index (χ2n) is 6.91. The van der Waals surface area contributed by atoms with Crippen molar-refractivity contribution in [1.82, 2.24) is 4.90 Å². The number of nitrogens with zero attached hydrogens (tertiary/aromatic N) is 1. The van der Waals surface area contributed by atoms with E-state index < -0.39 is 0 Å². The fourth-order valence-corrected chi connectivity index (χ4v) is 4.49. The zero-order valence-electron chi connectivity index (χ0n) is 12.8. The maximum atomic E-state index is 9.76. The third-order valence-electron chi connectivity index (χ3n) is 5.57. The first-order valence-electron chi connectivity index (χ1n) is 7.91. The number of aryl methyl sites for hydroxylation is 1. The Morgan fingerprint density at radius 3 is 3.10 bits per heavy atom. The van der Waals surface area contributed by atoms with E-state index in [-0.39, 0.29) is 24.0 Å². The molecule has 1 spiro atoms. The minimum absolute atomic E-state index is 0.0591. The van der Waals surface area contributed by atoms with Gasteiger partial charge in [-0.2, -0.15) is 0 Å². The van der Waals surface area contributed by atoms with Crippen LogP contribution in [0.5, 0.6) is 5.75 Å². The third kappa shape index (κ3) is 1.74. The number of benzene rings is 1. The molecule has 0 saturated carbocycles. The summed E-state index contributed by atoms with van der Waals surface area (Å²) in [5, 5.41) is 9.76. The molecule has 0 amide bonds. The number of hydrogen-bond acceptors (Lipinski definition) is 3. The van der Waals surface area contributed by atoms with Crippen LogP contribution in [0.1, 0.15) is 29.5 Å². The Balaban J connectivity index is 1.94. The molecule has 4 rings (SSSR count). The van der Waals surface area contributed by atoms with Gasteiger partial charge >= 0.3 is 0 Å². The van der Waals surface area contributed by atoms with Gasteiger partial charge in [-0.25, -0.2) is 0 Å². The average Bonchev–Trinajstić information content (AvgIpc) is 2.77. The molecule has 3 heteroatoms. The van der Waals surface area contributed by atoms with Gasteiger partial charge in [0.25, 0.3) is 0 Å². The van der Waals surface area contributed by atoms with Crippen molar-refractivity contribution in [3.63, 3.8) is 0 Å². The summed E-state index contributed by atoms with van der Waals surface area (Å²) in [6.07, 6.45) is 6.64. The molecule has 1 aromatic rings. The van der Waals surface area contributed by atoms with Gasteiger partial charge in [-0.3, -0.25) is 0 Å². The lowest BCUT2D eigenvalue weighted by molar-refractivity contribution is 0.0576. The summed E-state index contributed by atoms with van der Waals surface area (Å²) in [6.45, 7) is 4.38. The fraction of sp³-hybridized carbons (Fsp3) is 0.556. The van der Waals surface area contributed by atoms with Crippen molar-refractivity contribution >= 4 is 0 Å². The molecule has 1 aromatic carbocycles. The van der Waals surface area contributed by atoms with Gasteiger partial charge in [-0.05, 0) is 44.5 Å². The summed E-state index contributed by atoms with van der Waals surface area (Å²) in [6, 6.07) is 4.45. The molecule has 1 aliphatic carbocycles. The molecule has 112 valence electrons. The van der Waals surface area contributed by atoms with E-state index in [4.69, 9.17) is 4.74 Å². The van der Waals surface area contributed by atoms with E-state index in [1.807, 2.05) is 0 Å². The lowest BCUT2D eigenvalue weighted by Gasteiger charge is -2.39. The van der Waals surface area contributed by atoms with Gasteiger partial charge in [0.05, 0.1) is 6.61 Å². The van der Waals surface area contributed by atoms with E-state index >= 15 is 0 Å². The van der Waals surface area contributed by atoms with E-state index in [1.54, 1.807) is 0 Å². The van der Waals surface area contributed by atoms with Crippen molar-refractivity contribution in [2.45, 2.75) is 37.8 Å². The Morgan fingerprint density at radius 2 is 2.29 bits per heavy atom. The molecule has 0 fully saturated rings. The Labute approximate surface area is 126 Å². The summed E-state index contributed by atoms with van der Waals surface area (Å²) in [7, 11) is 2.20. The summed E-state index contributed by atoms with van der Waals surface area (Å²) < 4.78 is 6.42.